The second-order valence-corrected chi connectivity index (χ2v) is 5.26. The maximum atomic E-state index is 12.1. The summed E-state index contributed by atoms with van der Waals surface area (Å²) in [7, 11) is 0. The maximum absolute atomic E-state index is 12.1. The topological polar surface area (TPSA) is 41.1 Å². The summed E-state index contributed by atoms with van der Waals surface area (Å²) in [4.78, 5) is 12.1. The van der Waals surface area contributed by atoms with Crippen molar-refractivity contribution in [3.05, 3.63) is 35.4 Å². The van der Waals surface area contributed by atoms with Crippen LogP contribution in [0.15, 0.2) is 24.3 Å². The minimum absolute atomic E-state index is 0.0545. The van der Waals surface area contributed by atoms with Gasteiger partial charge in [-0.25, -0.2) is 0 Å². The molecule has 0 saturated carbocycles. The van der Waals surface area contributed by atoms with Gasteiger partial charge in [0.05, 0.1) is 0 Å². The van der Waals surface area contributed by atoms with Gasteiger partial charge in [-0.15, -0.1) is 0 Å². The Morgan fingerprint density at radius 2 is 2.22 bits per heavy atom. The van der Waals surface area contributed by atoms with Crippen molar-refractivity contribution in [1.29, 1.82) is 0 Å². The van der Waals surface area contributed by atoms with Crippen LogP contribution in [0, 0.1) is 18.8 Å². The lowest BCUT2D eigenvalue weighted by molar-refractivity contribution is 0.0937. The van der Waals surface area contributed by atoms with Gasteiger partial charge in [0.2, 0.25) is 0 Å². The van der Waals surface area contributed by atoms with Crippen LogP contribution in [0.1, 0.15) is 29.3 Å². The van der Waals surface area contributed by atoms with Crippen LogP contribution in [0.4, 0.5) is 0 Å². The van der Waals surface area contributed by atoms with Crippen LogP contribution in [-0.2, 0) is 0 Å². The van der Waals surface area contributed by atoms with Crippen LogP contribution in [-0.4, -0.2) is 25.5 Å². The van der Waals surface area contributed by atoms with Crippen LogP contribution < -0.4 is 10.6 Å². The predicted molar refractivity (Wildman–Crippen MR) is 73.7 cm³/mol. The molecule has 0 aliphatic carbocycles. The number of aryl methyl sites for hydroxylation is 1. The molecule has 1 aliphatic rings. The van der Waals surface area contributed by atoms with Crippen LogP contribution >= 0.6 is 0 Å². The lowest BCUT2D eigenvalue weighted by atomic mass is 9.88. The Labute approximate surface area is 109 Å². The molecule has 3 heteroatoms. The van der Waals surface area contributed by atoms with E-state index < -0.39 is 0 Å². The highest BCUT2D eigenvalue weighted by Crippen LogP contribution is 2.17. The Morgan fingerprint density at radius 1 is 1.44 bits per heavy atom. The molecule has 1 fully saturated rings. The highest BCUT2D eigenvalue weighted by atomic mass is 16.1. The standard InChI is InChI=1S/C15H22N2O/c1-11-5-3-4-6-14(11)15(18)17-10-13-7-8-16-9-12(13)2/h3-6,12-13,16H,7-10H2,1-2H3,(H,17,18). The Kier molecular flexibility index (Phi) is 4.37. The first-order chi connectivity index (χ1) is 8.68. The number of carbonyl (C=O) groups excluding carboxylic acids is 1. The van der Waals surface area contributed by atoms with Crippen molar-refractivity contribution in [1.82, 2.24) is 10.6 Å². The Morgan fingerprint density at radius 3 is 2.94 bits per heavy atom. The van der Waals surface area contributed by atoms with Crippen LogP contribution in [0.2, 0.25) is 0 Å². The first-order valence-electron chi connectivity index (χ1n) is 6.73. The summed E-state index contributed by atoms with van der Waals surface area (Å²) < 4.78 is 0. The van der Waals surface area contributed by atoms with Gasteiger partial charge in [-0.1, -0.05) is 25.1 Å². The molecule has 0 spiro atoms. The van der Waals surface area contributed by atoms with Crippen molar-refractivity contribution in [3.63, 3.8) is 0 Å². The average molecular weight is 246 g/mol. The van der Waals surface area contributed by atoms with Crippen molar-refractivity contribution in [2.45, 2.75) is 20.3 Å². The molecular weight excluding hydrogens is 224 g/mol. The van der Waals surface area contributed by atoms with Crippen LogP contribution in [0.5, 0.6) is 0 Å². The van der Waals surface area contributed by atoms with E-state index in [9.17, 15) is 4.79 Å². The van der Waals surface area contributed by atoms with Crippen molar-refractivity contribution >= 4 is 5.91 Å². The second-order valence-electron chi connectivity index (χ2n) is 5.26. The van der Waals surface area contributed by atoms with Gasteiger partial charge in [0.15, 0.2) is 0 Å². The summed E-state index contributed by atoms with van der Waals surface area (Å²) >= 11 is 0. The Hall–Kier alpha value is -1.35. The summed E-state index contributed by atoms with van der Waals surface area (Å²) in [6.45, 7) is 7.13. The average Bonchev–Trinajstić information content (AvgIpc) is 2.38. The molecule has 18 heavy (non-hydrogen) atoms. The normalized spacial score (nSPS) is 23.7. The number of carbonyl (C=O) groups is 1. The monoisotopic (exact) mass is 246 g/mol. The van der Waals surface area contributed by atoms with Crippen LogP contribution in [0.25, 0.3) is 0 Å². The molecular formula is C15H22N2O. The maximum Gasteiger partial charge on any atom is 0.251 e. The quantitative estimate of drug-likeness (QED) is 0.856. The number of hydrogen-bond acceptors (Lipinski definition) is 2. The fourth-order valence-corrected chi connectivity index (χ4v) is 2.52. The van der Waals surface area contributed by atoms with Gasteiger partial charge in [0, 0.05) is 12.1 Å². The van der Waals surface area contributed by atoms with Crippen LogP contribution in [0.3, 0.4) is 0 Å². The van der Waals surface area contributed by atoms with Gasteiger partial charge in [-0.05, 0) is 49.9 Å². The summed E-state index contributed by atoms with van der Waals surface area (Å²) in [6, 6.07) is 7.73. The molecule has 2 atom stereocenters. The van der Waals surface area contributed by atoms with E-state index in [0.29, 0.717) is 11.8 Å². The van der Waals surface area contributed by atoms with Gasteiger partial charge >= 0.3 is 0 Å². The SMILES string of the molecule is Cc1ccccc1C(=O)NCC1CCNCC1C. The van der Waals surface area contributed by atoms with Gasteiger partial charge < -0.3 is 10.6 Å². The highest BCUT2D eigenvalue weighted by molar-refractivity contribution is 5.95. The molecule has 1 aromatic rings. The second kappa shape index (κ2) is 6.01. The zero-order valence-electron chi connectivity index (χ0n) is 11.2. The molecule has 1 amide bonds. The molecule has 0 radical (unpaired) electrons. The van der Waals surface area contributed by atoms with Gasteiger partial charge in [-0.3, -0.25) is 4.79 Å². The van der Waals surface area contributed by atoms with E-state index in [1.54, 1.807) is 0 Å². The third-order valence-corrected chi connectivity index (χ3v) is 3.88. The molecule has 2 unspecified atom stereocenters. The van der Waals surface area contributed by atoms with E-state index in [2.05, 4.69) is 17.6 Å². The van der Waals surface area contributed by atoms with E-state index in [1.807, 2.05) is 31.2 Å². The number of benzene rings is 1. The number of amides is 1. The Bertz CT molecular complexity index is 417. The zero-order valence-corrected chi connectivity index (χ0v) is 11.2. The van der Waals surface area contributed by atoms with E-state index in [4.69, 9.17) is 0 Å². The highest BCUT2D eigenvalue weighted by Gasteiger charge is 2.21. The van der Waals surface area contributed by atoms with Crippen molar-refractivity contribution in [3.8, 4) is 0 Å². The smallest absolute Gasteiger partial charge is 0.251 e. The van der Waals surface area contributed by atoms with Gasteiger partial charge in [0.25, 0.3) is 5.91 Å². The summed E-state index contributed by atoms with van der Waals surface area (Å²) in [5.41, 5.74) is 1.83. The molecule has 0 aromatic heterocycles. The molecule has 1 aromatic carbocycles. The van der Waals surface area contributed by atoms with Gasteiger partial charge in [-0.2, -0.15) is 0 Å². The summed E-state index contributed by atoms with van der Waals surface area (Å²) in [5, 5.41) is 6.45. The van der Waals surface area contributed by atoms with Gasteiger partial charge in [0.1, 0.15) is 0 Å². The fraction of sp³-hybridized carbons (Fsp3) is 0.533. The molecule has 0 bridgehead atoms. The summed E-state index contributed by atoms with van der Waals surface area (Å²) in [5.74, 6) is 1.29. The minimum Gasteiger partial charge on any atom is -0.352 e. The molecule has 1 heterocycles. The largest absolute Gasteiger partial charge is 0.352 e. The first-order valence-corrected chi connectivity index (χ1v) is 6.73. The molecule has 3 nitrogen and oxygen atoms in total. The summed E-state index contributed by atoms with van der Waals surface area (Å²) in [6.07, 6.45) is 1.15. The molecule has 1 saturated heterocycles. The number of rotatable bonds is 3. The van der Waals surface area contributed by atoms with E-state index in [1.165, 1.54) is 0 Å². The minimum atomic E-state index is 0.0545. The zero-order chi connectivity index (χ0) is 13.0. The third-order valence-electron chi connectivity index (χ3n) is 3.88. The number of nitrogens with one attached hydrogen (secondary N) is 2. The van der Waals surface area contributed by atoms with Crippen molar-refractivity contribution in [2.75, 3.05) is 19.6 Å². The van der Waals surface area contributed by atoms with E-state index in [0.717, 1.165) is 37.2 Å². The number of piperidine rings is 1. The van der Waals surface area contributed by atoms with Crippen molar-refractivity contribution in [2.24, 2.45) is 11.8 Å². The Balaban J connectivity index is 1.90. The fourth-order valence-electron chi connectivity index (χ4n) is 2.52. The predicted octanol–water partition coefficient (Wildman–Crippen LogP) is 1.97. The third kappa shape index (κ3) is 3.10. The first kappa shape index (κ1) is 13.1. The van der Waals surface area contributed by atoms with E-state index in [-0.39, 0.29) is 5.91 Å². The molecule has 2 N–H and O–H groups in total. The molecule has 2 rings (SSSR count). The number of hydrogen-bond donors (Lipinski definition) is 2. The van der Waals surface area contributed by atoms with Crippen molar-refractivity contribution < 1.29 is 4.79 Å². The van der Waals surface area contributed by atoms with E-state index >= 15 is 0 Å². The molecule has 1 aliphatic heterocycles. The lowest BCUT2D eigenvalue weighted by Crippen LogP contribution is -2.41. The lowest BCUT2D eigenvalue weighted by Gasteiger charge is -2.29. The molecule has 98 valence electrons.